The number of nitro groups is 1. The Hall–Kier alpha value is -1.03. The zero-order valence-electron chi connectivity index (χ0n) is 13.1. The van der Waals surface area contributed by atoms with Crippen LogP contribution < -0.4 is 0 Å². The SMILES string of the molecule is CCCCCCCCCCCSc1cccc([N+](=O)[O-])c1. The van der Waals surface area contributed by atoms with Gasteiger partial charge in [-0.05, 0) is 18.2 Å². The van der Waals surface area contributed by atoms with Crippen LogP contribution in [0.5, 0.6) is 0 Å². The number of nitrogens with zero attached hydrogens (tertiary/aromatic N) is 1. The largest absolute Gasteiger partial charge is 0.270 e. The molecule has 3 nitrogen and oxygen atoms in total. The highest BCUT2D eigenvalue weighted by molar-refractivity contribution is 7.99. The monoisotopic (exact) mass is 309 g/mol. The summed E-state index contributed by atoms with van der Waals surface area (Å²) in [4.78, 5) is 11.4. The molecule has 0 radical (unpaired) electrons. The number of hydrogen-bond donors (Lipinski definition) is 0. The minimum absolute atomic E-state index is 0.187. The van der Waals surface area contributed by atoms with E-state index in [1.807, 2.05) is 6.07 Å². The molecule has 0 fully saturated rings. The number of benzene rings is 1. The smallest absolute Gasteiger partial charge is 0.258 e. The standard InChI is InChI=1S/C17H27NO2S/c1-2-3-4-5-6-7-8-9-10-14-21-17-13-11-12-16(15-17)18(19)20/h11-13,15H,2-10,14H2,1H3. The summed E-state index contributed by atoms with van der Waals surface area (Å²) in [6.45, 7) is 2.25. The molecule has 0 saturated carbocycles. The van der Waals surface area contributed by atoms with Gasteiger partial charge in [-0.15, -0.1) is 11.8 Å². The van der Waals surface area contributed by atoms with Gasteiger partial charge in [-0.1, -0.05) is 64.4 Å². The summed E-state index contributed by atoms with van der Waals surface area (Å²) < 4.78 is 0. The van der Waals surface area contributed by atoms with Gasteiger partial charge in [0.25, 0.3) is 5.69 Å². The van der Waals surface area contributed by atoms with Gasteiger partial charge in [-0.3, -0.25) is 10.1 Å². The fourth-order valence-corrected chi connectivity index (χ4v) is 3.25. The molecule has 0 bridgehead atoms. The Bertz CT molecular complexity index is 410. The second-order valence-corrected chi connectivity index (χ2v) is 6.60. The molecule has 21 heavy (non-hydrogen) atoms. The van der Waals surface area contributed by atoms with Gasteiger partial charge in [0.05, 0.1) is 4.92 Å². The molecule has 118 valence electrons. The van der Waals surface area contributed by atoms with Crippen LogP contribution in [0.3, 0.4) is 0 Å². The normalized spacial score (nSPS) is 10.7. The van der Waals surface area contributed by atoms with E-state index >= 15 is 0 Å². The van der Waals surface area contributed by atoms with Crippen LogP contribution in [0, 0.1) is 10.1 Å². The van der Waals surface area contributed by atoms with E-state index in [0.717, 1.165) is 10.6 Å². The first-order valence-corrected chi connectivity index (χ1v) is 9.10. The first-order chi connectivity index (χ1) is 10.2. The molecule has 0 aliphatic carbocycles. The minimum Gasteiger partial charge on any atom is -0.258 e. The van der Waals surface area contributed by atoms with E-state index < -0.39 is 0 Å². The third kappa shape index (κ3) is 8.76. The molecule has 0 spiro atoms. The summed E-state index contributed by atoms with van der Waals surface area (Å²) >= 11 is 1.72. The lowest BCUT2D eigenvalue weighted by molar-refractivity contribution is -0.385. The van der Waals surface area contributed by atoms with Gasteiger partial charge in [0.1, 0.15) is 0 Å². The molecule has 0 saturated heterocycles. The second kappa shape index (κ2) is 11.6. The molecule has 0 aromatic heterocycles. The van der Waals surface area contributed by atoms with Crippen molar-refractivity contribution in [1.82, 2.24) is 0 Å². The van der Waals surface area contributed by atoms with Gasteiger partial charge in [0, 0.05) is 17.0 Å². The summed E-state index contributed by atoms with van der Waals surface area (Å²) in [6, 6.07) is 6.92. The third-order valence-corrected chi connectivity index (χ3v) is 4.63. The van der Waals surface area contributed by atoms with E-state index in [1.54, 1.807) is 30.0 Å². The van der Waals surface area contributed by atoms with Crippen LogP contribution >= 0.6 is 11.8 Å². The molecule has 0 unspecified atom stereocenters. The van der Waals surface area contributed by atoms with E-state index in [1.165, 1.54) is 57.8 Å². The Labute approximate surface area is 132 Å². The molecule has 1 aromatic carbocycles. The maximum Gasteiger partial charge on any atom is 0.270 e. The predicted octanol–water partition coefficient (Wildman–Crippen LogP) is 6.22. The van der Waals surface area contributed by atoms with Gasteiger partial charge in [0.2, 0.25) is 0 Å². The maximum absolute atomic E-state index is 10.7. The average molecular weight is 309 g/mol. The molecule has 1 rings (SSSR count). The lowest BCUT2D eigenvalue weighted by Gasteiger charge is -2.03. The van der Waals surface area contributed by atoms with Crippen molar-refractivity contribution in [3.8, 4) is 0 Å². The van der Waals surface area contributed by atoms with Gasteiger partial charge < -0.3 is 0 Å². The molecule has 0 atom stereocenters. The molecule has 0 aliphatic heterocycles. The number of thioether (sulfide) groups is 1. The van der Waals surface area contributed by atoms with Crippen molar-refractivity contribution in [2.75, 3.05) is 5.75 Å². The Balaban J connectivity index is 2.01. The van der Waals surface area contributed by atoms with E-state index in [2.05, 4.69) is 6.92 Å². The lowest BCUT2D eigenvalue weighted by atomic mass is 10.1. The molecule has 1 aromatic rings. The van der Waals surface area contributed by atoms with Gasteiger partial charge >= 0.3 is 0 Å². The van der Waals surface area contributed by atoms with E-state index in [-0.39, 0.29) is 10.6 Å². The van der Waals surface area contributed by atoms with Crippen molar-refractivity contribution in [2.45, 2.75) is 69.6 Å². The van der Waals surface area contributed by atoms with Crippen LogP contribution in [0.1, 0.15) is 64.7 Å². The number of non-ortho nitro benzene ring substituents is 1. The van der Waals surface area contributed by atoms with Crippen LogP contribution in [0.25, 0.3) is 0 Å². The topological polar surface area (TPSA) is 43.1 Å². The summed E-state index contributed by atoms with van der Waals surface area (Å²) in [6.07, 6.45) is 12.0. The quantitative estimate of drug-likeness (QED) is 0.199. The lowest BCUT2D eigenvalue weighted by Crippen LogP contribution is -1.88. The maximum atomic E-state index is 10.7. The Kier molecular flexibility index (Phi) is 9.96. The van der Waals surface area contributed by atoms with Gasteiger partial charge in [-0.2, -0.15) is 0 Å². The molecular formula is C17H27NO2S. The van der Waals surface area contributed by atoms with Crippen molar-refractivity contribution >= 4 is 17.4 Å². The van der Waals surface area contributed by atoms with Crippen molar-refractivity contribution in [2.24, 2.45) is 0 Å². The first-order valence-electron chi connectivity index (χ1n) is 8.11. The first kappa shape index (κ1) is 18.0. The number of rotatable bonds is 12. The summed E-state index contributed by atoms with van der Waals surface area (Å²) in [7, 11) is 0. The Morgan fingerprint density at radius 3 is 2.24 bits per heavy atom. The highest BCUT2D eigenvalue weighted by atomic mass is 32.2. The van der Waals surface area contributed by atoms with Gasteiger partial charge in [0.15, 0.2) is 0 Å². The van der Waals surface area contributed by atoms with Crippen molar-refractivity contribution < 1.29 is 4.92 Å². The number of nitro benzene ring substituents is 1. The molecule has 0 heterocycles. The molecule has 0 aliphatic rings. The van der Waals surface area contributed by atoms with E-state index in [9.17, 15) is 10.1 Å². The van der Waals surface area contributed by atoms with Crippen LogP contribution in [0.2, 0.25) is 0 Å². The zero-order chi connectivity index (χ0) is 15.3. The summed E-state index contributed by atoms with van der Waals surface area (Å²) in [5, 5.41) is 10.7. The highest BCUT2D eigenvalue weighted by Gasteiger charge is 2.05. The molecule has 0 amide bonds. The van der Waals surface area contributed by atoms with Gasteiger partial charge in [-0.25, -0.2) is 0 Å². The predicted molar refractivity (Wildman–Crippen MR) is 91.0 cm³/mol. The highest BCUT2D eigenvalue weighted by Crippen LogP contribution is 2.24. The fourth-order valence-electron chi connectivity index (χ4n) is 2.29. The van der Waals surface area contributed by atoms with Crippen molar-refractivity contribution in [1.29, 1.82) is 0 Å². The Morgan fingerprint density at radius 2 is 1.62 bits per heavy atom. The number of unbranched alkanes of at least 4 members (excludes halogenated alkanes) is 8. The molecular weight excluding hydrogens is 282 g/mol. The average Bonchev–Trinajstić information content (AvgIpc) is 2.49. The minimum atomic E-state index is -0.331. The van der Waals surface area contributed by atoms with E-state index in [4.69, 9.17) is 0 Å². The van der Waals surface area contributed by atoms with E-state index in [0.29, 0.717) is 0 Å². The van der Waals surface area contributed by atoms with Crippen LogP contribution in [0.15, 0.2) is 29.2 Å². The third-order valence-electron chi connectivity index (χ3n) is 3.55. The zero-order valence-corrected chi connectivity index (χ0v) is 13.9. The number of hydrogen-bond acceptors (Lipinski definition) is 3. The summed E-state index contributed by atoms with van der Waals surface area (Å²) in [5.74, 6) is 1.05. The second-order valence-electron chi connectivity index (χ2n) is 5.43. The fraction of sp³-hybridized carbons (Fsp3) is 0.647. The molecule has 0 N–H and O–H groups in total. The summed E-state index contributed by atoms with van der Waals surface area (Å²) in [5.41, 5.74) is 0.187. The van der Waals surface area contributed by atoms with Crippen molar-refractivity contribution in [3.05, 3.63) is 34.4 Å². The Morgan fingerprint density at radius 1 is 1.00 bits per heavy atom. The van der Waals surface area contributed by atoms with Crippen LogP contribution in [0.4, 0.5) is 5.69 Å². The van der Waals surface area contributed by atoms with Crippen LogP contribution in [-0.4, -0.2) is 10.7 Å². The molecule has 4 heteroatoms. The van der Waals surface area contributed by atoms with Crippen molar-refractivity contribution in [3.63, 3.8) is 0 Å². The van der Waals surface area contributed by atoms with Crippen LogP contribution in [-0.2, 0) is 0 Å².